The van der Waals surface area contributed by atoms with E-state index in [-0.39, 0.29) is 11.6 Å². The zero-order valence-corrected chi connectivity index (χ0v) is 21.1. The molecule has 0 radical (unpaired) electrons. The van der Waals surface area contributed by atoms with Crippen LogP contribution in [0, 0.1) is 0 Å². The highest BCUT2D eigenvalue weighted by Gasteiger charge is 2.29. The van der Waals surface area contributed by atoms with Crippen LogP contribution in [0.3, 0.4) is 0 Å². The van der Waals surface area contributed by atoms with Gasteiger partial charge in [-0.05, 0) is 71.9 Å². The molecule has 1 atom stereocenters. The van der Waals surface area contributed by atoms with E-state index in [4.69, 9.17) is 18.9 Å². The van der Waals surface area contributed by atoms with Gasteiger partial charge in [-0.1, -0.05) is 18.2 Å². The maximum atomic E-state index is 13.0. The van der Waals surface area contributed by atoms with Gasteiger partial charge < -0.3 is 18.9 Å². The molecule has 2 aliphatic carbocycles. The van der Waals surface area contributed by atoms with Gasteiger partial charge in [0.05, 0.1) is 11.7 Å². The van der Waals surface area contributed by atoms with E-state index in [1.807, 2.05) is 41.1 Å². The Balaban J connectivity index is 1.15. The Kier molecular flexibility index (Phi) is 5.95. The highest BCUT2D eigenvalue weighted by atomic mass is 16.6. The molecule has 198 valence electrons. The van der Waals surface area contributed by atoms with Crippen molar-refractivity contribution in [2.45, 2.75) is 57.4 Å². The molecule has 0 N–H and O–H groups in total. The summed E-state index contributed by atoms with van der Waals surface area (Å²) < 4.78 is 26.9. The van der Waals surface area contributed by atoms with Crippen molar-refractivity contribution in [3.8, 4) is 22.9 Å². The molecule has 1 saturated carbocycles. The van der Waals surface area contributed by atoms with Crippen molar-refractivity contribution < 1.29 is 18.9 Å². The molecular weight excluding hydrogens is 500 g/mol. The summed E-state index contributed by atoms with van der Waals surface area (Å²) in [7, 11) is 0. The van der Waals surface area contributed by atoms with E-state index in [1.54, 1.807) is 4.57 Å². The lowest BCUT2D eigenvalue weighted by Crippen LogP contribution is -2.31. The predicted octanol–water partition coefficient (Wildman–Crippen LogP) is 3.75. The molecule has 11 nitrogen and oxygen atoms in total. The van der Waals surface area contributed by atoms with Crippen LogP contribution >= 0.6 is 0 Å². The highest BCUT2D eigenvalue weighted by molar-refractivity contribution is 5.67. The summed E-state index contributed by atoms with van der Waals surface area (Å²) in [5, 5.41) is 12.0. The number of benzene rings is 1. The first-order valence-corrected chi connectivity index (χ1v) is 13.1. The molecule has 39 heavy (non-hydrogen) atoms. The molecule has 7 rings (SSSR count). The largest absolute Gasteiger partial charge is 0.486 e. The van der Waals surface area contributed by atoms with Gasteiger partial charge in [0.1, 0.15) is 31.1 Å². The van der Waals surface area contributed by atoms with Crippen molar-refractivity contribution in [1.29, 1.82) is 0 Å². The lowest BCUT2D eigenvalue weighted by Gasteiger charge is -2.26. The number of aromatic nitrogens is 6. The fourth-order valence-electron chi connectivity index (χ4n) is 5.06. The van der Waals surface area contributed by atoms with Crippen molar-refractivity contribution in [3.63, 3.8) is 0 Å². The number of nitrogens with zero attached hydrogens (tertiary/aromatic N) is 6. The molecule has 11 heteroatoms. The molecule has 1 unspecified atom stereocenters. The number of hydrogen-bond donors (Lipinski definition) is 0. The Hall–Kier alpha value is -4.67. The number of hydrogen-bond acceptors (Lipinski definition) is 9. The number of allylic oxidation sites excluding steroid dienone is 3. The first-order chi connectivity index (χ1) is 19.2. The van der Waals surface area contributed by atoms with E-state index in [1.165, 1.54) is 18.8 Å². The number of fused-ring (bicyclic) bond motifs is 3. The smallest absolute Gasteiger partial charge is 0.351 e. The van der Waals surface area contributed by atoms with Gasteiger partial charge in [0.2, 0.25) is 5.88 Å². The van der Waals surface area contributed by atoms with Gasteiger partial charge in [0.15, 0.2) is 17.7 Å². The number of rotatable bonds is 8. The molecule has 2 aromatic heterocycles. The molecule has 2 aliphatic heterocycles. The number of ether oxygens (including phenoxy) is 4. The van der Waals surface area contributed by atoms with Crippen LogP contribution in [0.2, 0.25) is 0 Å². The first-order valence-electron chi connectivity index (χ1n) is 13.1. The summed E-state index contributed by atoms with van der Waals surface area (Å²) in [6, 6.07) is 8.09. The fourth-order valence-corrected chi connectivity index (χ4v) is 5.06. The standard InChI is InChI=1S/C28H26N6O5/c35-28-29-26(39-27(18-4-2-1-3-5-18)24-16-36-12-13-37-24)15-23-22-9-8-21(14-19(22)10-11-33(23)28)38-17-25-30-31-32-34(25)20-6-7-20/h1-2,4,8-9,12-16,20,27H,3,5-7,10-11,17H2. The Morgan fingerprint density at radius 3 is 2.92 bits per heavy atom. The second-order valence-electron chi connectivity index (χ2n) is 9.79. The maximum absolute atomic E-state index is 13.0. The third kappa shape index (κ3) is 4.71. The van der Waals surface area contributed by atoms with Crippen LogP contribution in [0.15, 0.2) is 77.4 Å². The Labute approximate surface area is 223 Å². The molecule has 1 aromatic carbocycles. The zero-order valence-electron chi connectivity index (χ0n) is 21.1. The van der Waals surface area contributed by atoms with E-state index in [0.717, 1.165) is 59.7 Å². The quantitative estimate of drug-likeness (QED) is 0.433. The van der Waals surface area contributed by atoms with Crippen molar-refractivity contribution in [2.75, 3.05) is 0 Å². The average Bonchev–Trinajstić information content (AvgIpc) is 3.72. The Morgan fingerprint density at radius 1 is 1.15 bits per heavy atom. The Morgan fingerprint density at radius 2 is 2.10 bits per heavy atom. The van der Waals surface area contributed by atoms with Gasteiger partial charge in [0, 0.05) is 18.2 Å². The van der Waals surface area contributed by atoms with Crippen LogP contribution in [-0.4, -0.2) is 35.9 Å². The molecular formula is C28H26N6O5. The van der Waals surface area contributed by atoms with Crippen molar-refractivity contribution >= 4 is 0 Å². The maximum Gasteiger partial charge on any atom is 0.351 e. The van der Waals surface area contributed by atoms with E-state index < -0.39 is 6.10 Å². The van der Waals surface area contributed by atoms with Gasteiger partial charge in [-0.15, -0.1) is 5.10 Å². The summed E-state index contributed by atoms with van der Waals surface area (Å²) >= 11 is 0. The molecule has 0 saturated heterocycles. The average molecular weight is 527 g/mol. The predicted molar refractivity (Wildman–Crippen MR) is 138 cm³/mol. The van der Waals surface area contributed by atoms with Crippen molar-refractivity contribution in [3.05, 3.63) is 94.5 Å². The summed E-state index contributed by atoms with van der Waals surface area (Å²) in [5.74, 6) is 2.17. The minimum atomic E-state index is -0.569. The van der Waals surface area contributed by atoms with Gasteiger partial charge in [-0.3, -0.25) is 4.57 Å². The third-order valence-corrected chi connectivity index (χ3v) is 7.17. The van der Waals surface area contributed by atoms with E-state index >= 15 is 0 Å². The van der Waals surface area contributed by atoms with Crippen LogP contribution in [0.25, 0.3) is 11.3 Å². The van der Waals surface area contributed by atoms with Crippen LogP contribution < -0.4 is 15.2 Å². The summed E-state index contributed by atoms with van der Waals surface area (Å²) in [4.78, 5) is 17.3. The third-order valence-electron chi connectivity index (χ3n) is 7.17. The molecule has 0 amide bonds. The SMILES string of the molecule is O=c1nc(OC(C2=CC=CCC2)C2=COC=CO2)cc2n1CCc1cc(OCc3nnnn3C3CC3)ccc1-2. The molecule has 0 spiro atoms. The zero-order chi connectivity index (χ0) is 26.2. The first kappa shape index (κ1) is 23.4. The van der Waals surface area contributed by atoms with Gasteiger partial charge in [-0.2, -0.15) is 4.98 Å². The van der Waals surface area contributed by atoms with Crippen molar-refractivity contribution in [2.24, 2.45) is 0 Å². The molecule has 0 bridgehead atoms. The molecule has 3 aromatic rings. The second-order valence-corrected chi connectivity index (χ2v) is 9.79. The second kappa shape index (κ2) is 9.90. The van der Waals surface area contributed by atoms with Crippen LogP contribution in [0.4, 0.5) is 0 Å². The minimum Gasteiger partial charge on any atom is -0.486 e. The van der Waals surface area contributed by atoms with Crippen LogP contribution in [-0.2, 0) is 29.0 Å². The summed E-state index contributed by atoms with van der Waals surface area (Å²) in [6.07, 6.45) is 14.5. The van der Waals surface area contributed by atoms with E-state index in [9.17, 15) is 4.79 Å². The van der Waals surface area contributed by atoms with Gasteiger partial charge >= 0.3 is 5.69 Å². The van der Waals surface area contributed by atoms with Crippen molar-refractivity contribution in [1.82, 2.24) is 29.8 Å². The fraction of sp³-hybridized carbons (Fsp3) is 0.321. The minimum absolute atomic E-state index is 0.228. The normalized spacial score (nSPS) is 18.2. The summed E-state index contributed by atoms with van der Waals surface area (Å²) in [6.45, 7) is 0.813. The lowest BCUT2D eigenvalue weighted by atomic mass is 9.97. The van der Waals surface area contributed by atoms with Gasteiger partial charge in [-0.25, -0.2) is 9.48 Å². The lowest BCUT2D eigenvalue weighted by molar-refractivity contribution is 0.154. The van der Waals surface area contributed by atoms with Gasteiger partial charge in [0.25, 0.3) is 0 Å². The Bertz CT molecular complexity index is 1600. The number of aryl methyl sites for hydroxylation is 1. The summed E-state index contributed by atoms with van der Waals surface area (Å²) in [5.41, 5.74) is 3.43. The van der Waals surface area contributed by atoms with E-state index in [0.29, 0.717) is 31.4 Å². The molecule has 4 aliphatic rings. The van der Waals surface area contributed by atoms with Crippen LogP contribution in [0.5, 0.6) is 11.6 Å². The topological polar surface area (TPSA) is 115 Å². The van der Waals surface area contributed by atoms with E-state index in [2.05, 4.69) is 26.6 Å². The molecule has 1 fully saturated rings. The number of tetrazole rings is 1. The highest BCUT2D eigenvalue weighted by Crippen LogP contribution is 2.36. The monoisotopic (exact) mass is 526 g/mol. The molecule has 4 heterocycles. The van der Waals surface area contributed by atoms with Crippen LogP contribution in [0.1, 0.15) is 43.1 Å².